The molecular weight excluding hydrogens is 194 g/mol. The van der Waals surface area contributed by atoms with Gasteiger partial charge in [-0.25, -0.2) is 0 Å². The summed E-state index contributed by atoms with van der Waals surface area (Å²) in [5.41, 5.74) is 0. The Morgan fingerprint density at radius 3 is 2.13 bits per heavy atom. The number of benzene rings is 1. The maximum Gasteiger partial charge on any atom is 0.210 e. The van der Waals surface area contributed by atoms with E-state index < -0.39 is 0 Å². The van der Waals surface area contributed by atoms with E-state index in [0.29, 0.717) is 5.75 Å². The minimum absolute atomic E-state index is 0.0451. The van der Waals surface area contributed by atoms with Crippen molar-refractivity contribution < 1.29 is 14.9 Å². The van der Waals surface area contributed by atoms with Crippen molar-refractivity contribution in [2.45, 2.75) is 0 Å². The van der Waals surface area contributed by atoms with Crippen molar-refractivity contribution in [3.05, 3.63) is 42.7 Å². The summed E-state index contributed by atoms with van der Waals surface area (Å²) in [5.74, 6) is 0.337. The summed E-state index contributed by atoms with van der Waals surface area (Å²) >= 11 is 0. The lowest BCUT2D eigenvalue weighted by Crippen LogP contribution is -1.85. The van der Waals surface area contributed by atoms with Gasteiger partial charge in [-0.15, -0.1) is 0 Å². The van der Waals surface area contributed by atoms with E-state index >= 15 is 0 Å². The Kier molecular flexibility index (Phi) is 2.41. The molecule has 1 aromatic heterocycles. The highest BCUT2D eigenvalue weighted by Crippen LogP contribution is 2.38. The molecule has 2 N–H and O–H groups in total. The lowest BCUT2D eigenvalue weighted by Gasteiger charge is -2.08. The minimum atomic E-state index is -0.105. The molecule has 1 heterocycles. The van der Waals surface area contributed by atoms with Crippen molar-refractivity contribution in [2.24, 2.45) is 0 Å². The van der Waals surface area contributed by atoms with Gasteiger partial charge >= 0.3 is 0 Å². The van der Waals surface area contributed by atoms with Crippen LogP contribution in [0.25, 0.3) is 0 Å². The van der Waals surface area contributed by atoms with Crippen LogP contribution in [0.4, 0.5) is 0 Å². The standard InChI is InChI=1S/C11H9NO3/c13-9-2-1-3-10(14)11(9)15-8-4-6-12-7-5-8/h1-7,13-14H. The third-order valence-corrected chi connectivity index (χ3v) is 1.84. The molecule has 76 valence electrons. The zero-order valence-corrected chi connectivity index (χ0v) is 7.79. The van der Waals surface area contributed by atoms with Crippen LogP contribution in [-0.2, 0) is 0 Å². The molecule has 4 nitrogen and oxygen atoms in total. The lowest BCUT2D eigenvalue weighted by molar-refractivity contribution is 0.376. The molecule has 2 aromatic rings. The van der Waals surface area contributed by atoms with Crippen LogP contribution in [0.1, 0.15) is 0 Å². The first-order valence-corrected chi connectivity index (χ1v) is 4.36. The fraction of sp³-hybridized carbons (Fsp3) is 0. The van der Waals surface area contributed by atoms with Crippen LogP contribution in [0.15, 0.2) is 42.7 Å². The first-order chi connectivity index (χ1) is 7.27. The second-order valence-corrected chi connectivity index (χ2v) is 2.91. The molecular formula is C11H9NO3. The van der Waals surface area contributed by atoms with E-state index in [1.165, 1.54) is 18.2 Å². The van der Waals surface area contributed by atoms with E-state index in [9.17, 15) is 10.2 Å². The summed E-state index contributed by atoms with van der Waals surface area (Å²) in [7, 11) is 0. The second-order valence-electron chi connectivity index (χ2n) is 2.91. The number of para-hydroxylation sites is 1. The highest BCUT2D eigenvalue weighted by Gasteiger charge is 2.08. The normalized spacial score (nSPS) is 9.87. The van der Waals surface area contributed by atoms with Crippen molar-refractivity contribution in [2.75, 3.05) is 0 Å². The van der Waals surface area contributed by atoms with Crippen LogP contribution in [0.2, 0.25) is 0 Å². The number of aromatic hydroxyl groups is 2. The van der Waals surface area contributed by atoms with E-state index in [0.717, 1.165) is 0 Å². The van der Waals surface area contributed by atoms with Crippen LogP contribution in [0.5, 0.6) is 23.0 Å². The van der Waals surface area contributed by atoms with Crippen LogP contribution >= 0.6 is 0 Å². The highest BCUT2D eigenvalue weighted by atomic mass is 16.5. The van der Waals surface area contributed by atoms with Crippen LogP contribution < -0.4 is 4.74 Å². The van der Waals surface area contributed by atoms with Gasteiger partial charge in [0.2, 0.25) is 5.75 Å². The van der Waals surface area contributed by atoms with Gasteiger partial charge in [-0.1, -0.05) is 6.07 Å². The molecule has 0 bridgehead atoms. The third kappa shape index (κ3) is 1.99. The number of hydrogen-bond acceptors (Lipinski definition) is 4. The van der Waals surface area contributed by atoms with Gasteiger partial charge < -0.3 is 14.9 Å². The summed E-state index contributed by atoms with van der Waals surface area (Å²) in [6.45, 7) is 0. The molecule has 2 rings (SSSR count). The number of pyridine rings is 1. The summed E-state index contributed by atoms with van der Waals surface area (Å²) in [6, 6.07) is 7.67. The van der Waals surface area contributed by atoms with E-state index in [1.807, 2.05) is 0 Å². The Morgan fingerprint density at radius 1 is 0.933 bits per heavy atom. The van der Waals surface area contributed by atoms with Gasteiger partial charge in [0.1, 0.15) is 5.75 Å². The van der Waals surface area contributed by atoms with E-state index in [1.54, 1.807) is 24.5 Å². The van der Waals surface area contributed by atoms with Crippen LogP contribution in [0, 0.1) is 0 Å². The summed E-state index contributed by atoms with van der Waals surface area (Å²) in [4.78, 5) is 3.83. The smallest absolute Gasteiger partial charge is 0.210 e. The molecule has 0 aliphatic heterocycles. The number of hydrogen-bond donors (Lipinski definition) is 2. The predicted molar refractivity (Wildman–Crippen MR) is 54.1 cm³/mol. The molecule has 0 saturated heterocycles. The number of rotatable bonds is 2. The molecule has 0 spiro atoms. The van der Waals surface area contributed by atoms with Crippen molar-refractivity contribution in [3.8, 4) is 23.0 Å². The van der Waals surface area contributed by atoms with Crippen LogP contribution in [-0.4, -0.2) is 15.2 Å². The number of ether oxygens (including phenoxy) is 1. The van der Waals surface area contributed by atoms with Crippen molar-refractivity contribution in [1.82, 2.24) is 4.98 Å². The fourth-order valence-corrected chi connectivity index (χ4v) is 1.14. The van der Waals surface area contributed by atoms with Gasteiger partial charge in [0.15, 0.2) is 11.5 Å². The maximum absolute atomic E-state index is 9.45. The Hall–Kier alpha value is -2.23. The Morgan fingerprint density at radius 2 is 1.53 bits per heavy atom. The van der Waals surface area contributed by atoms with Gasteiger partial charge in [-0.2, -0.15) is 0 Å². The van der Waals surface area contributed by atoms with E-state index in [4.69, 9.17) is 4.74 Å². The summed E-state index contributed by atoms with van der Waals surface area (Å²) < 4.78 is 5.30. The summed E-state index contributed by atoms with van der Waals surface area (Å²) in [5, 5.41) is 18.9. The molecule has 0 saturated carbocycles. The first kappa shape index (κ1) is 9.33. The monoisotopic (exact) mass is 203 g/mol. The molecule has 0 atom stereocenters. The molecule has 0 aliphatic rings. The van der Waals surface area contributed by atoms with Gasteiger partial charge in [0, 0.05) is 12.4 Å². The van der Waals surface area contributed by atoms with Gasteiger partial charge in [0.25, 0.3) is 0 Å². The fourth-order valence-electron chi connectivity index (χ4n) is 1.14. The zero-order valence-electron chi connectivity index (χ0n) is 7.79. The Labute approximate surface area is 86.4 Å². The van der Waals surface area contributed by atoms with Crippen molar-refractivity contribution in [1.29, 1.82) is 0 Å². The number of nitrogens with zero attached hydrogens (tertiary/aromatic N) is 1. The van der Waals surface area contributed by atoms with Gasteiger partial charge in [-0.05, 0) is 24.3 Å². The number of aromatic nitrogens is 1. The number of phenols is 2. The lowest BCUT2D eigenvalue weighted by atomic mass is 10.3. The molecule has 0 unspecified atom stereocenters. The van der Waals surface area contributed by atoms with E-state index in [-0.39, 0.29) is 17.2 Å². The third-order valence-electron chi connectivity index (χ3n) is 1.84. The Bertz CT molecular complexity index is 436. The van der Waals surface area contributed by atoms with Crippen molar-refractivity contribution >= 4 is 0 Å². The van der Waals surface area contributed by atoms with E-state index in [2.05, 4.69) is 4.98 Å². The number of phenolic OH excluding ortho intramolecular Hbond substituents is 2. The topological polar surface area (TPSA) is 62.6 Å². The second kappa shape index (κ2) is 3.88. The summed E-state index contributed by atoms with van der Waals surface area (Å²) in [6.07, 6.45) is 3.12. The van der Waals surface area contributed by atoms with Crippen molar-refractivity contribution in [3.63, 3.8) is 0 Å². The van der Waals surface area contributed by atoms with Crippen LogP contribution in [0.3, 0.4) is 0 Å². The molecule has 0 radical (unpaired) electrons. The largest absolute Gasteiger partial charge is 0.504 e. The minimum Gasteiger partial charge on any atom is -0.504 e. The Balaban J connectivity index is 2.32. The van der Waals surface area contributed by atoms with Gasteiger partial charge in [0.05, 0.1) is 0 Å². The SMILES string of the molecule is Oc1cccc(O)c1Oc1ccncc1. The molecule has 1 aromatic carbocycles. The highest BCUT2D eigenvalue weighted by molar-refractivity contribution is 5.51. The molecule has 0 amide bonds. The predicted octanol–water partition coefficient (Wildman–Crippen LogP) is 2.29. The zero-order chi connectivity index (χ0) is 10.7. The van der Waals surface area contributed by atoms with Gasteiger partial charge in [-0.3, -0.25) is 4.98 Å². The molecule has 15 heavy (non-hydrogen) atoms. The quantitative estimate of drug-likeness (QED) is 0.786. The molecule has 4 heteroatoms. The average molecular weight is 203 g/mol. The molecule has 0 fully saturated rings. The molecule has 0 aliphatic carbocycles. The average Bonchev–Trinajstić information content (AvgIpc) is 2.25. The first-order valence-electron chi connectivity index (χ1n) is 4.36. The maximum atomic E-state index is 9.45.